The van der Waals surface area contributed by atoms with E-state index in [1.165, 1.54) is 18.3 Å². The van der Waals surface area contributed by atoms with Gasteiger partial charge in [-0.05, 0) is 24.6 Å². The minimum absolute atomic E-state index is 0.0474. The van der Waals surface area contributed by atoms with Gasteiger partial charge in [-0.2, -0.15) is 13.2 Å². The van der Waals surface area contributed by atoms with E-state index in [-0.39, 0.29) is 29.3 Å². The molecule has 0 amide bonds. The summed E-state index contributed by atoms with van der Waals surface area (Å²) in [7, 11) is 0. The normalized spacial score (nSPS) is 24.3. The number of rotatable bonds is 1. The number of allylic oxidation sites excluding steroid dienone is 2. The maximum absolute atomic E-state index is 13.3. The third kappa shape index (κ3) is 2.03. The predicted octanol–water partition coefficient (Wildman–Crippen LogP) is 3.45. The number of halogens is 4. The van der Waals surface area contributed by atoms with Crippen molar-refractivity contribution in [3.05, 3.63) is 41.2 Å². The van der Waals surface area contributed by atoms with Gasteiger partial charge >= 0.3 is 6.18 Å². The Labute approximate surface area is 106 Å². The van der Waals surface area contributed by atoms with E-state index in [1.807, 2.05) is 0 Å². The number of carbonyl (C=O) groups is 1. The Balaban J connectivity index is 2.61. The van der Waals surface area contributed by atoms with Crippen molar-refractivity contribution >= 4 is 17.4 Å². The number of alkyl halides is 3. The standard InChI is InChI=1S/C12H9ClF3NO/c13-9-2-1-7-17-10(9)11(12(14,15)16)5-3-8(18)4-6-11/h1-3,5,7H,4,6H2. The molecule has 1 aromatic heterocycles. The number of nitrogens with zero attached hydrogens (tertiary/aromatic N) is 1. The molecule has 0 aromatic carbocycles. The van der Waals surface area contributed by atoms with E-state index in [0.717, 1.165) is 12.2 Å². The minimum Gasteiger partial charge on any atom is -0.295 e. The highest BCUT2D eigenvalue weighted by Gasteiger charge is 2.56. The highest BCUT2D eigenvalue weighted by atomic mass is 35.5. The Kier molecular flexibility index (Phi) is 3.19. The fourth-order valence-electron chi connectivity index (χ4n) is 2.00. The fourth-order valence-corrected chi connectivity index (χ4v) is 2.29. The van der Waals surface area contributed by atoms with Crippen molar-refractivity contribution in [1.82, 2.24) is 4.98 Å². The molecule has 0 spiro atoms. The third-order valence-corrected chi connectivity index (χ3v) is 3.31. The lowest BCUT2D eigenvalue weighted by atomic mass is 9.75. The zero-order valence-electron chi connectivity index (χ0n) is 9.17. The van der Waals surface area contributed by atoms with E-state index in [4.69, 9.17) is 11.6 Å². The van der Waals surface area contributed by atoms with Crippen molar-refractivity contribution in [3.8, 4) is 0 Å². The molecule has 18 heavy (non-hydrogen) atoms. The molecule has 0 saturated heterocycles. The Hall–Kier alpha value is -1.36. The summed E-state index contributed by atoms with van der Waals surface area (Å²) in [6, 6.07) is 2.83. The van der Waals surface area contributed by atoms with Crippen LogP contribution in [0.3, 0.4) is 0 Å². The number of carbonyl (C=O) groups excluding carboxylic acids is 1. The smallest absolute Gasteiger partial charge is 0.295 e. The molecular formula is C12H9ClF3NO. The van der Waals surface area contributed by atoms with Gasteiger partial charge in [-0.3, -0.25) is 9.78 Å². The Morgan fingerprint density at radius 1 is 1.39 bits per heavy atom. The van der Waals surface area contributed by atoms with Crippen LogP contribution in [0.1, 0.15) is 18.5 Å². The van der Waals surface area contributed by atoms with Crippen LogP contribution in [-0.4, -0.2) is 16.9 Å². The summed E-state index contributed by atoms with van der Waals surface area (Å²) >= 11 is 5.81. The van der Waals surface area contributed by atoms with E-state index in [1.54, 1.807) is 0 Å². The Morgan fingerprint density at radius 3 is 2.61 bits per heavy atom. The molecule has 6 heteroatoms. The molecule has 1 heterocycles. The van der Waals surface area contributed by atoms with Gasteiger partial charge in [-0.25, -0.2) is 0 Å². The summed E-state index contributed by atoms with van der Waals surface area (Å²) in [5.74, 6) is -0.318. The summed E-state index contributed by atoms with van der Waals surface area (Å²) in [4.78, 5) is 14.8. The largest absolute Gasteiger partial charge is 0.403 e. The van der Waals surface area contributed by atoms with Crippen LogP contribution < -0.4 is 0 Å². The molecule has 0 bridgehead atoms. The monoisotopic (exact) mass is 275 g/mol. The van der Waals surface area contributed by atoms with Crippen molar-refractivity contribution in [1.29, 1.82) is 0 Å². The van der Waals surface area contributed by atoms with Crippen molar-refractivity contribution in [2.45, 2.75) is 24.4 Å². The second kappa shape index (κ2) is 4.39. The van der Waals surface area contributed by atoms with Crippen molar-refractivity contribution < 1.29 is 18.0 Å². The van der Waals surface area contributed by atoms with Crippen LogP contribution in [0.25, 0.3) is 0 Å². The Morgan fingerprint density at radius 2 is 2.11 bits per heavy atom. The topological polar surface area (TPSA) is 30.0 Å². The minimum atomic E-state index is -4.54. The predicted molar refractivity (Wildman–Crippen MR) is 60.4 cm³/mol. The van der Waals surface area contributed by atoms with E-state index in [0.29, 0.717) is 0 Å². The van der Waals surface area contributed by atoms with Crippen LogP contribution in [-0.2, 0) is 10.2 Å². The van der Waals surface area contributed by atoms with Gasteiger partial charge in [-0.15, -0.1) is 0 Å². The summed E-state index contributed by atoms with van der Waals surface area (Å²) in [6.45, 7) is 0. The number of hydrogen-bond donors (Lipinski definition) is 0. The van der Waals surface area contributed by atoms with Gasteiger partial charge in [0, 0.05) is 12.6 Å². The average Bonchev–Trinajstić information content (AvgIpc) is 2.30. The van der Waals surface area contributed by atoms with Crippen LogP contribution in [0.4, 0.5) is 13.2 Å². The first-order valence-electron chi connectivity index (χ1n) is 5.26. The van der Waals surface area contributed by atoms with E-state index in [2.05, 4.69) is 4.98 Å². The molecule has 2 nitrogen and oxygen atoms in total. The van der Waals surface area contributed by atoms with Crippen LogP contribution in [0.2, 0.25) is 5.02 Å². The zero-order chi connectivity index (χ0) is 13.4. The second-order valence-corrected chi connectivity index (χ2v) is 4.51. The molecule has 0 radical (unpaired) electrons. The average molecular weight is 276 g/mol. The van der Waals surface area contributed by atoms with Gasteiger partial charge in [0.15, 0.2) is 5.78 Å². The van der Waals surface area contributed by atoms with Gasteiger partial charge in [0.25, 0.3) is 0 Å². The molecule has 1 atom stereocenters. The van der Waals surface area contributed by atoms with Crippen LogP contribution in [0.15, 0.2) is 30.5 Å². The molecule has 0 aliphatic heterocycles. The van der Waals surface area contributed by atoms with Crippen LogP contribution >= 0.6 is 11.6 Å². The maximum Gasteiger partial charge on any atom is 0.403 e. The lowest BCUT2D eigenvalue weighted by molar-refractivity contribution is -0.180. The van der Waals surface area contributed by atoms with E-state index >= 15 is 0 Å². The zero-order valence-corrected chi connectivity index (χ0v) is 9.92. The van der Waals surface area contributed by atoms with Gasteiger partial charge in [0.1, 0.15) is 5.41 Å². The molecule has 0 saturated carbocycles. The van der Waals surface area contributed by atoms with Gasteiger partial charge < -0.3 is 0 Å². The maximum atomic E-state index is 13.3. The molecule has 1 aliphatic rings. The first kappa shape index (κ1) is 13.1. The highest BCUT2D eigenvalue weighted by Crippen LogP contribution is 2.48. The van der Waals surface area contributed by atoms with Crippen molar-refractivity contribution in [2.24, 2.45) is 0 Å². The number of ketones is 1. The SMILES string of the molecule is O=C1C=CC(c2ncccc2Cl)(C(F)(F)F)CC1. The van der Waals surface area contributed by atoms with Gasteiger partial charge in [0.05, 0.1) is 10.7 Å². The number of pyridine rings is 1. The van der Waals surface area contributed by atoms with Crippen LogP contribution in [0.5, 0.6) is 0 Å². The highest BCUT2D eigenvalue weighted by molar-refractivity contribution is 6.31. The van der Waals surface area contributed by atoms with Gasteiger partial charge in [0.2, 0.25) is 0 Å². The van der Waals surface area contributed by atoms with Gasteiger partial charge in [-0.1, -0.05) is 17.7 Å². The third-order valence-electron chi connectivity index (χ3n) is 3.01. The molecule has 1 aliphatic carbocycles. The lowest BCUT2D eigenvalue weighted by Gasteiger charge is -2.34. The van der Waals surface area contributed by atoms with Crippen molar-refractivity contribution in [3.63, 3.8) is 0 Å². The summed E-state index contributed by atoms with van der Waals surface area (Å²) in [6.07, 6.45) is -1.97. The van der Waals surface area contributed by atoms with E-state index < -0.39 is 11.6 Å². The molecule has 2 rings (SSSR count). The molecule has 0 fully saturated rings. The molecular weight excluding hydrogens is 267 g/mol. The molecule has 1 aromatic rings. The Bertz CT molecular complexity index is 512. The first-order valence-corrected chi connectivity index (χ1v) is 5.64. The first-order chi connectivity index (χ1) is 8.37. The summed E-state index contributed by atoms with van der Waals surface area (Å²) in [5, 5.41) is -0.0474. The quantitative estimate of drug-likeness (QED) is 0.786. The molecule has 96 valence electrons. The summed E-state index contributed by atoms with van der Waals surface area (Å²) in [5.41, 5.74) is -2.51. The lowest BCUT2D eigenvalue weighted by Crippen LogP contribution is -2.43. The van der Waals surface area contributed by atoms with Crippen LogP contribution in [0, 0.1) is 0 Å². The number of aromatic nitrogens is 1. The fraction of sp³-hybridized carbons (Fsp3) is 0.333. The molecule has 0 N–H and O–H groups in total. The van der Waals surface area contributed by atoms with E-state index in [9.17, 15) is 18.0 Å². The number of hydrogen-bond acceptors (Lipinski definition) is 2. The summed E-state index contributed by atoms with van der Waals surface area (Å²) < 4.78 is 40.0. The van der Waals surface area contributed by atoms with Crippen molar-refractivity contribution in [2.75, 3.05) is 0 Å². The molecule has 1 unspecified atom stereocenters. The second-order valence-electron chi connectivity index (χ2n) is 4.10.